The zero-order valence-corrected chi connectivity index (χ0v) is 13.4. The number of hydrogen-bond donors (Lipinski definition) is 1. The lowest BCUT2D eigenvalue weighted by molar-refractivity contribution is 0.203. The van der Waals surface area contributed by atoms with Gasteiger partial charge in [0.1, 0.15) is 11.5 Å². The van der Waals surface area contributed by atoms with Gasteiger partial charge in [0, 0.05) is 24.7 Å². The first kappa shape index (κ1) is 14.3. The van der Waals surface area contributed by atoms with Crippen LogP contribution in [0.5, 0.6) is 11.5 Å². The predicted molar refractivity (Wildman–Crippen MR) is 92.0 cm³/mol. The van der Waals surface area contributed by atoms with Crippen molar-refractivity contribution in [3.8, 4) is 22.6 Å². The fraction of sp³-hybridized carbons (Fsp3) is 0.300. The molecule has 0 amide bonds. The Bertz CT molecular complexity index is 781. The molecule has 0 radical (unpaired) electrons. The summed E-state index contributed by atoms with van der Waals surface area (Å²) in [5.41, 5.74) is 6.00. The van der Waals surface area contributed by atoms with Crippen molar-refractivity contribution in [3.63, 3.8) is 0 Å². The molecule has 23 heavy (non-hydrogen) atoms. The molecule has 0 saturated carbocycles. The van der Waals surface area contributed by atoms with E-state index in [2.05, 4.69) is 29.7 Å². The number of methoxy groups -OCH3 is 1. The first-order chi connectivity index (χ1) is 11.2. The van der Waals surface area contributed by atoms with E-state index in [-0.39, 0.29) is 0 Å². The molecule has 0 unspecified atom stereocenters. The Morgan fingerprint density at radius 1 is 1.35 bits per heavy atom. The predicted octanol–water partition coefficient (Wildman–Crippen LogP) is 3.71. The van der Waals surface area contributed by atoms with E-state index in [0.717, 1.165) is 42.8 Å². The molecule has 118 valence electrons. The van der Waals surface area contributed by atoms with Crippen molar-refractivity contribution in [3.05, 3.63) is 59.7 Å². The van der Waals surface area contributed by atoms with Crippen LogP contribution in [0.15, 0.2) is 43.0 Å². The van der Waals surface area contributed by atoms with Crippen LogP contribution in [0.25, 0.3) is 11.1 Å². The Labute approximate surface area is 136 Å². The quantitative estimate of drug-likeness (QED) is 0.878. The van der Waals surface area contributed by atoms with Crippen molar-refractivity contribution in [1.29, 1.82) is 0 Å². The second-order valence-electron chi connectivity index (χ2n) is 6.31. The summed E-state index contributed by atoms with van der Waals surface area (Å²) in [5, 5.41) is 10.4. The SMILES string of the molecule is C=CCN1CCc2cc(OC)cc3c2[C@H]1Cc1cccc(O)c1-3. The van der Waals surface area contributed by atoms with Crippen LogP contribution >= 0.6 is 0 Å². The minimum absolute atomic E-state index is 0.354. The summed E-state index contributed by atoms with van der Waals surface area (Å²) >= 11 is 0. The molecular formula is C20H21NO2. The van der Waals surface area contributed by atoms with E-state index in [1.165, 1.54) is 16.7 Å². The molecule has 1 N–H and O–H groups in total. The van der Waals surface area contributed by atoms with Gasteiger partial charge in [-0.1, -0.05) is 18.2 Å². The van der Waals surface area contributed by atoms with Gasteiger partial charge in [-0.05, 0) is 53.3 Å². The Morgan fingerprint density at radius 3 is 3.00 bits per heavy atom. The lowest BCUT2D eigenvalue weighted by Gasteiger charge is -2.41. The van der Waals surface area contributed by atoms with Gasteiger partial charge in [0.05, 0.1) is 7.11 Å². The number of phenolic OH excluding ortho intramolecular Hbond substituents is 1. The highest BCUT2D eigenvalue weighted by Crippen LogP contribution is 2.49. The smallest absolute Gasteiger partial charge is 0.123 e. The molecule has 1 heterocycles. The molecule has 0 saturated heterocycles. The Balaban J connectivity index is 1.98. The first-order valence-electron chi connectivity index (χ1n) is 8.10. The minimum Gasteiger partial charge on any atom is -0.507 e. The average Bonchev–Trinajstić information content (AvgIpc) is 2.57. The highest BCUT2D eigenvalue weighted by molar-refractivity contribution is 5.81. The second-order valence-corrected chi connectivity index (χ2v) is 6.31. The Kier molecular flexibility index (Phi) is 3.38. The van der Waals surface area contributed by atoms with Gasteiger partial charge in [0.25, 0.3) is 0 Å². The molecule has 0 spiro atoms. The molecule has 1 atom stereocenters. The topological polar surface area (TPSA) is 32.7 Å². The van der Waals surface area contributed by atoms with Crippen LogP contribution in [-0.2, 0) is 12.8 Å². The first-order valence-corrected chi connectivity index (χ1v) is 8.10. The van der Waals surface area contributed by atoms with E-state index in [9.17, 15) is 5.11 Å². The van der Waals surface area contributed by atoms with Gasteiger partial charge in [-0.15, -0.1) is 6.58 Å². The Hall–Kier alpha value is -2.26. The number of rotatable bonds is 3. The van der Waals surface area contributed by atoms with E-state index >= 15 is 0 Å². The summed E-state index contributed by atoms with van der Waals surface area (Å²) in [4.78, 5) is 2.48. The third kappa shape index (κ3) is 2.15. The van der Waals surface area contributed by atoms with Crippen molar-refractivity contribution in [2.24, 2.45) is 0 Å². The molecule has 0 fully saturated rings. The van der Waals surface area contributed by atoms with Crippen LogP contribution in [0, 0.1) is 0 Å². The normalized spacial score (nSPS) is 18.9. The summed E-state index contributed by atoms with van der Waals surface area (Å²) in [6, 6.07) is 10.4. The molecule has 0 bridgehead atoms. The summed E-state index contributed by atoms with van der Waals surface area (Å²) < 4.78 is 5.50. The standard InChI is InChI=1S/C20H21NO2/c1-3-8-21-9-7-14-10-15(23-2)12-16-19(14)17(21)11-13-5-4-6-18(22)20(13)16/h3-6,10,12,17,22H,1,7-9,11H2,2H3/t17-/m1/s1. The number of ether oxygens (including phenoxy) is 1. The summed E-state index contributed by atoms with van der Waals surface area (Å²) in [6.07, 6.45) is 3.92. The molecule has 2 aromatic carbocycles. The van der Waals surface area contributed by atoms with Gasteiger partial charge >= 0.3 is 0 Å². The molecule has 1 aliphatic carbocycles. The zero-order valence-electron chi connectivity index (χ0n) is 13.4. The fourth-order valence-corrected chi connectivity index (χ4v) is 4.10. The molecule has 0 aromatic heterocycles. The van der Waals surface area contributed by atoms with Crippen molar-refractivity contribution in [2.75, 3.05) is 20.2 Å². The molecule has 3 heteroatoms. The lowest BCUT2D eigenvalue weighted by atomic mass is 9.76. The largest absolute Gasteiger partial charge is 0.507 e. The van der Waals surface area contributed by atoms with Crippen LogP contribution in [0.1, 0.15) is 22.7 Å². The number of hydrogen-bond acceptors (Lipinski definition) is 3. The van der Waals surface area contributed by atoms with Crippen molar-refractivity contribution in [1.82, 2.24) is 4.90 Å². The fourth-order valence-electron chi connectivity index (χ4n) is 4.10. The maximum atomic E-state index is 10.4. The average molecular weight is 307 g/mol. The van der Waals surface area contributed by atoms with Crippen LogP contribution in [-0.4, -0.2) is 30.2 Å². The molecule has 3 nitrogen and oxygen atoms in total. The number of benzene rings is 2. The van der Waals surface area contributed by atoms with Crippen LogP contribution in [0.2, 0.25) is 0 Å². The van der Waals surface area contributed by atoms with Gasteiger partial charge in [-0.2, -0.15) is 0 Å². The van der Waals surface area contributed by atoms with Crippen LogP contribution < -0.4 is 4.74 Å². The van der Waals surface area contributed by atoms with Gasteiger partial charge in [0.2, 0.25) is 0 Å². The molecule has 2 aliphatic rings. The summed E-state index contributed by atoms with van der Waals surface area (Å²) in [7, 11) is 1.70. The number of phenols is 1. The summed E-state index contributed by atoms with van der Waals surface area (Å²) in [5.74, 6) is 1.23. The van der Waals surface area contributed by atoms with Crippen LogP contribution in [0.3, 0.4) is 0 Å². The lowest BCUT2D eigenvalue weighted by Crippen LogP contribution is -2.38. The molecule has 2 aromatic rings. The third-order valence-electron chi connectivity index (χ3n) is 5.09. The van der Waals surface area contributed by atoms with E-state index < -0.39 is 0 Å². The molecule has 1 aliphatic heterocycles. The maximum Gasteiger partial charge on any atom is 0.123 e. The Morgan fingerprint density at radius 2 is 2.22 bits per heavy atom. The van der Waals surface area contributed by atoms with Gasteiger partial charge < -0.3 is 9.84 Å². The second kappa shape index (κ2) is 5.43. The van der Waals surface area contributed by atoms with Crippen molar-refractivity contribution in [2.45, 2.75) is 18.9 Å². The van der Waals surface area contributed by atoms with E-state index in [0.29, 0.717) is 11.8 Å². The zero-order chi connectivity index (χ0) is 16.0. The molecular weight excluding hydrogens is 286 g/mol. The van der Waals surface area contributed by atoms with Gasteiger partial charge in [0.15, 0.2) is 0 Å². The third-order valence-corrected chi connectivity index (χ3v) is 5.09. The van der Waals surface area contributed by atoms with Gasteiger partial charge in [-0.25, -0.2) is 0 Å². The van der Waals surface area contributed by atoms with Crippen molar-refractivity contribution < 1.29 is 9.84 Å². The highest BCUT2D eigenvalue weighted by atomic mass is 16.5. The highest BCUT2D eigenvalue weighted by Gasteiger charge is 2.35. The monoisotopic (exact) mass is 307 g/mol. The summed E-state index contributed by atoms with van der Waals surface area (Å²) in [6.45, 7) is 5.83. The van der Waals surface area contributed by atoms with Crippen LogP contribution in [0.4, 0.5) is 0 Å². The van der Waals surface area contributed by atoms with Crippen molar-refractivity contribution >= 4 is 0 Å². The maximum absolute atomic E-state index is 10.4. The van der Waals surface area contributed by atoms with E-state index in [1.54, 1.807) is 13.2 Å². The van der Waals surface area contributed by atoms with Gasteiger partial charge in [-0.3, -0.25) is 4.90 Å². The number of fused-ring (bicyclic) bond motifs is 2. The van der Waals surface area contributed by atoms with E-state index in [1.807, 2.05) is 12.1 Å². The minimum atomic E-state index is 0.354. The van der Waals surface area contributed by atoms with E-state index in [4.69, 9.17) is 4.74 Å². The molecule has 4 rings (SSSR count). The number of nitrogens with zero attached hydrogens (tertiary/aromatic N) is 1. The number of aromatic hydroxyl groups is 1.